The quantitative estimate of drug-likeness (QED) is 0.665. The molecule has 0 bridgehead atoms. The average Bonchev–Trinajstić information content (AvgIpc) is 2.80. The van der Waals surface area contributed by atoms with Gasteiger partial charge in [0.1, 0.15) is 0 Å². The molecule has 0 aliphatic rings. The van der Waals surface area contributed by atoms with Gasteiger partial charge < -0.3 is 0 Å². The van der Waals surface area contributed by atoms with E-state index in [4.69, 9.17) is 0 Å². The van der Waals surface area contributed by atoms with Crippen LogP contribution in [0.1, 0.15) is 5.69 Å². The summed E-state index contributed by atoms with van der Waals surface area (Å²) in [7, 11) is 1.96. The Labute approximate surface area is 116 Å². The summed E-state index contributed by atoms with van der Waals surface area (Å²) >= 11 is 1.73. The van der Waals surface area contributed by atoms with Crippen molar-refractivity contribution < 1.29 is 0 Å². The molecule has 3 rings (SSSR count). The van der Waals surface area contributed by atoms with Crippen LogP contribution in [-0.4, -0.2) is 21.0 Å². The van der Waals surface area contributed by atoms with Gasteiger partial charge in [-0.2, -0.15) is 5.10 Å². The second-order valence-corrected chi connectivity index (χ2v) is 5.40. The van der Waals surface area contributed by atoms with E-state index < -0.39 is 0 Å². The lowest BCUT2D eigenvalue weighted by molar-refractivity contribution is 0.797. The molecule has 0 radical (unpaired) electrons. The van der Waals surface area contributed by atoms with Gasteiger partial charge in [-0.3, -0.25) is 9.67 Å². The van der Waals surface area contributed by atoms with Gasteiger partial charge in [0.2, 0.25) is 0 Å². The van der Waals surface area contributed by atoms with Gasteiger partial charge in [-0.05, 0) is 36.9 Å². The molecular formula is C15H15N3S. The van der Waals surface area contributed by atoms with Crippen LogP contribution in [0.2, 0.25) is 0 Å². The minimum atomic E-state index is 1.08. The van der Waals surface area contributed by atoms with Gasteiger partial charge in [0.05, 0.1) is 17.4 Å². The molecule has 0 saturated heterocycles. The standard InChI is InChI=1S/C15H15N3S/c1-10-15(19-3)7-12(8-16-10)11-4-5-14-13(6-11)9-17-18(14)2/h4-9H,1-3H3. The summed E-state index contributed by atoms with van der Waals surface area (Å²) in [5.41, 5.74) is 4.57. The van der Waals surface area contributed by atoms with Crippen molar-refractivity contribution in [3.8, 4) is 11.1 Å². The van der Waals surface area contributed by atoms with Crippen molar-refractivity contribution in [2.75, 3.05) is 6.26 Å². The molecular weight excluding hydrogens is 254 g/mol. The van der Waals surface area contributed by atoms with Crippen LogP contribution in [0, 0.1) is 6.92 Å². The Morgan fingerprint density at radius 3 is 2.74 bits per heavy atom. The predicted molar refractivity (Wildman–Crippen MR) is 80.5 cm³/mol. The van der Waals surface area contributed by atoms with E-state index in [-0.39, 0.29) is 0 Å². The second-order valence-electron chi connectivity index (χ2n) is 4.55. The Morgan fingerprint density at radius 1 is 1.11 bits per heavy atom. The molecule has 0 unspecified atom stereocenters. The first kappa shape index (κ1) is 12.2. The number of pyridine rings is 1. The van der Waals surface area contributed by atoms with Gasteiger partial charge in [0, 0.05) is 29.1 Å². The van der Waals surface area contributed by atoms with Crippen LogP contribution in [-0.2, 0) is 7.05 Å². The van der Waals surface area contributed by atoms with Crippen molar-refractivity contribution in [2.45, 2.75) is 11.8 Å². The molecule has 3 nitrogen and oxygen atoms in total. The summed E-state index contributed by atoms with van der Waals surface area (Å²) in [6, 6.07) is 8.60. The number of thioether (sulfide) groups is 1. The Kier molecular flexibility index (Phi) is 3.03. The molecule has 4 heteroatoms. The summed E-state index contributed by atoms with van der Waals surface area (Å²) < 4.78 is 1.89. The number of fused-ring (bicyclic) bond motifs is 1. The number of hydrogen-bond acceptors (Lipinski definition) is 3. The zero-order valence-corrected chi connectivity index (χ0v) is 12.0. The van der Waals surface area contributed by atoms with Crippen LogP contribution < -0.4 is 0 Å². The first-order chi connectivity index (χ1) is 9.19. The van der Waals surface area contributed by atoms with Gasteiger partial charge >= 0.3 is 0 Å². The number of aryl methyl sites for hydroxylation is 2. The molecule has 3 aromatic rings. The normalized spacial score (nSPS) is 11.1. The Hall–Kier alpha value is -1.81. The third kappa shape index (κ3) is 2.12. The first-order valence-corrected chi connectivity index (χ1v) is 7.34. The lowest BCUT2D eigenvalue weighted by atomic mass is 10.1. The SMILES string of the molecule is CSc1cc(-c2ccc3c(cnn3C)c2)cnc1C. The van der Waals surface area contributed by atoms with E-state index in [0.29, 0.717) is 0 Å². The van der Waals surface area contributed by atoms with E-state index in [9.17, 15) is 0 Å². The van der Waals surface area contributed by atoms with Gasteiger partial charge in [-0.25, -0.2) is 0 Å². The van der Waals surface area contributed by atoms with Crippen LogP contribution in [0.25, 0.3) is 22.0 Å². The van der Waals surface area contributed by atoms with Crippen molar-refractivity contribution in [1.82, 2.24) is 14.8 Å². The van der Waals surface area contributed by atoms with Gasteiger partial charge in [-0.1, -0.05) is 6.07 Å². The molecule has 0 spiro atoms. The molecule has 0 fully saturated rings. The lowest BCUT2D eigenvalue weighted by Crippen LogP contribution is -1.89. The maximum Gasteiger partial charge on any atom is 0.0679 e. The lowest BCUT2D eigenvalue weighted by Gasteiger charge is -2.06. The average molecular weight is 269 g/mol. The molecule has 0 N–H and O–H groups in total. The number of aromatic nitrogens is 3. The smallest absolute Gasteiger partial charge is 0.0679 e. The molecule has 0 amide bonds. The summed E-state index contributed by atoms with van der Waals surface area (Å²) in [4.78, 5) is 5.70. The summed E-state index contributed by atoms with van der Waals surface area (Å²) in [5, 5.41) is 5.43. The van der Waals surface area contributed by atoms with E-state index in [1.165, 1.54) is 10.5 Å². The third-order valence-corrected chi connectivity index (χ3v) is 4.19. The van der Waals surface area contributed by atoms with E-state index >= 15 is 0 Å². The monoisotopic (exact) mass is 269 g/mol. The van der Waals surface area contributed by atoms with Crippen LogP contribution in [0.15, 0.2) is 41.6 Å². The molecule has 0 aliphatic carbocycles. The Bertz CT molecular complexity index is 746. The molecule has 0 saturated carbocycles. The largest absolute Gasteiger partial charge is 0.268 e. The topological polar surface area (TPSA) is 30.7 Å². The van der Waals surface area contributed by atoms with Crippen molar-refractivity contribution in [2.24, 2.45) is 7.05 Å². The molecule has 1 aromatic carbocycles. The van der Waals surface area contributed by atoms with E-state index in [0.717, 1.165) is 22.2 Å². The zero-order valence-electron chi connectivity index (χ0n) is 11.2. The van der Waals surface area contributed by atoms with Gasteiger partial charge in [-0.15, -0.1) is 11.8 Å². The maximum absolute atomic E-state index is 4.47. The fourth-order valence-corrected chi connectivity index (χ4v) is 2.81. The van der Waals surface area contributed by atoms with E-state index in [1.54, 1.807) is 11.8 Å². The highest BCUT2D eigenvalue weighted by atomic mass is 32.2. The summed E-state index contributed by atoms with van der Waals surface area (Å²) in [6.45, 7) is 2.04. The summed E-state index contributed by atoms with van der Waals surface area (Å²) in [5.74, 6) is 0. The molecule has 2 aromatic heterocycles. The second kappa shape index (κ2) is 4.70. The van der Waals surface area contributed by atoms with Crippen LogP contribution in [0.3, 0.4) is 0 Å². The minimum absolute atomic E-state index is 1.08. The fraction of sp³-hybridized carbons (Fsp3) is 0.200. The first-order valence-electron chi connectivity index (χ1n) is 6.12. The highest BCUT2D eigenvalue weighted by molar-refractivity contribution is 7.98. The van der Waals surface area contributed by atoms with Gasteiger partial charge in [0.25, 0.3) is 0 Å². The van der Waals surface area contributed by atoms with E-state index in [2.05, 4.69) is 40.6 Å². The van der Waals surface area contributed by atoms with E-state index in [1.807, 2.05) is 31.0 Å². The fourth-order valence-electron chi connectivity index (χ4n) is 2.22. The highest BCUT2D eigenvalue weighted by Gasteiger charge is 2.05. The molecule has 2 heterocycles. The van der Waals surface area contributed by atoms with Gasteiger partial charge in [0.15, 0.2) is 0 Å². The number of nitrogens with zero attached hydrogens (tertiary/aromatic N) is 3. The van der Waals surface area contributed by atoms with Crippen molar-refractivity contribution in [1.29, 1.82) is 0 Å². The maximum atomic E-state index is 4.47. The molecule has 0 aliphatic heterocycles. The minimum Gasteiger partial charge on any atom is -0.268 e. The van der Waals surface area contributed by atoms with Crippen LogP contribution in [0.4, 0.5) is 0 Å². The van der Waals surface area contributed by atoms with Crippen molar-refractivity contribution in [3.05, 3.63) is 42.4 Å². The number of hydrogen-bond donors (Lipinski definition) is 0. The number of benzene rings is 1. The molecule has 19 heavy (non-hydrogen) atoms. The molecule has 96 valence electrons. The summed E-state index contributed by atoms with van der Waals surface area (Å²) in [6.07, 6.45) is 5.92. The predicted octanol–water partition coefficient (Wildman–Crippen LogP) is 3.67. The van der Waals surface area contributed by atoms with Crippen molar-refractivity contribution >= 4 is 22.7 Å². The van der Waals surface area contributed by atoms with Crippen LogP contribution >= 0.6 is 11.8 Å². The highest BCUT2D eigenvalue weighted by Crippen LogP contribution is 2.28. The number of rotatable bonds is 2. The van der Waals surface area contributed by atoms with Crippen LogP contribution in [0.5, 0.6) is 0 Å². The van der Waals surface area contributed by atoms with Crippen molar-refractivity contribution in [3.63, 3.8) is 0 Å². The third-order valence-electron chi connectivity index (χ3n) is 3.34. The molecule has 0 atom stereocenters. The Morgan fingerprint density at radius 2 is 1.95 bits per heavy atom. The Balaban J connectivity index is 2.13. The zero-order chi connectivity index (χ0) is 13.4.